The Morgan fingerprint density at radius 3 is 2.06 bits per heavy atom. The SMILES string of the molecule is C=Cc1ccc(N(C(C)=O)c2ccccc2)cc1. The van der Waals surface area contributed by atoms with Crippen LogP contribution < -0.4 is 4.90 Å². The minimum atomic E-state index is -0.00690. The van der Waals surface area contributed by atoms with Crippen LogP contribution in [-0.2, 0) is 4.79 Å². The van der Waals surface area contributed by atoms with Gasteiger partial charge in [0, 0.05) is 18.3 Å². The Bertz CT molecular complexity index is 543. The van der Waals surface area contributed by atoms with Crippen molar-refractivity contribution >= 4 is 23.4 Å². The van der Waals surface area contributed by atoms with E-state index in [0.717, 1.165) is 16.9 Å². The number of carbonyl (C=O) groups is 1. The number of rotatable bonds is 3. The molecule has 0 aliphatic rings. The van der Waals surface area contributed by atoms with Gasteiger partial charge in [0.15, 0.2) is 0 Å². The van der Waals surface area contributed by atoms with Gasteiger partial charge >= 0.3 is 0 Å². The number of para-hydroxylation sites is 1. The van der Waals surface area contributed by atoms with Crippen molar-refractivity contribution in [2.75, 3.05) is 4.90 Å². The second kappa shape index (κ2) is 5.32. The average Bonchev–Trinajstić information content (AvgIpc) is 2.40. The first-order chi connectivity index (χ1) is 8.72. The number of nitrogens with zero attached hydrogens (tertiary/aromatic N) is 1. The highest BCUT2D eigenvalue weighted by molar-refractivity contribution is 5.99. The minimum absolute atomic E-state index is 0.00690. The molecule has 2 nitrogen and oxygen atoms in total. The molecule has 2 aromatic rings. The molecule has 0 aliphatic carbocycles. The van der Waals surface area contributed by atoms with E-state index in [9.17, 15) is 4.79 Å². The van der Waals surface area contributed by atoms with Gasteiger partial charge in [-0.25, -0.2) is 0 Å². The van der Waals surface area contributed by atoms with Crippen LogP contribution in [0.4, 0.5) is 11.4 Å². The first kappa shape index (κ1) is 12.1. The van der Waals surface area contributed by atoms with E-state index in [1.54, 1.807) is 17.9 Å². The molecule has 0 saturated carbocycles. The minimum Gasteiger partial charge on any atom is -0.281 e. The number of carbonyl (C=O) groups excluding carboxylic acids is 1. The van der Waals surface area contributed by atoms with Crippen LogP contribution in [0.15, 0.2) is 61.2 Å². The third kappa shape index (κ3) is 2.48. The van der Waals surface area contributed by atoms with Gasteiger partial charge in [0.05, 0.1) is 0 Å². The first-order valence-corrected chi connectivity index (χ1v) is 5.80. The number of hydrogen-bond acceptors (Lipinski definition) is 1. The number of amides is 1. The summed E-state index contributed by atoms with van der Waals surface area (Å²) >= 11 is 0. The van der Waals surface area contributed by atoms with E-state index >= 15 is 0 Å². The van der Waals surface area contributed by atoms with E-state index in [0.29, 0.717) is 0 Å². The summed E-state index contributed by atoms with van der Waals surface area (Å²) in [6.45, 7) is 5.28. The van der Waals surface area contributed by atoms with Gasteiger partial charge in [0.2, 0.25) is 5.91 Å². The molecular weight excluding hydrogens is 222 g/mol. The Kier molecular flexibility index (Phi) is 3.58. The molecule has 0 aliphatic heterocycles. The van der Waals surface area contributed by atoms with E-state index in [1.807, 2.05) is 54.6 Å². The van der Waals surface area contributed by atoms with E-state index in [-0.39, 0.29) is 5.91 Å². The highest BCUT2D eigenvalue weighted by atomic mass is 16.2. The molecule has 0 spiro atoms. The fraction of sp³-hybridized carbons (Fsp3) is 0.0625. The van der Waals surface area contributed by atoms with Gasteiger partial charge in [-0.05, 0) is 29.8 Å². The van der Waals surface area contributed by atoms with Crippen molar-refractivity contribution in [3.05, 3.63) is 66.7 Å². The largest absolute Gasteiger partial charge is 0.281 e. The highest BCUT2D eigenvalue weighted by Gasteiger charge is 2.12. The van der Waals surface area contributed by atoms with Crippen LogP contribution in [0.2, 0.25) is 0 Å². The number of benzene rings is 2. The average molecular weight is 237 g/mol. The standard InChI is InChI=1S/C16H15NO/c1-3-14-9-11-16(12-10-14)17(13(2)18)15-7-5-4-6-8-15/h3-12H,1H2,2H3. The van der Waals surface area contributed by atoms with E-state index < -0.39 is 0 Å². The van der Waals surface area contributed by atoms with Crippen molar-refractivity contribution < 1.29 is 4.79 Å². The molecule has 0 aromatic heterocycles. The van der Waals surface area contributed by atoms with Crippen LogP contribution in [0.25, 0.3) is 6.08 Å². The fourth-order valence-corrected chi connectivity index (χ4v) is 1.85. The lowest BCUT2D eigenvalue weighted by atomic mass is 10.1. The van der Waals surface area contributed by atoms with Crippen molar-refractivity contribution in [1.82, 2.24) is 0 Å². The number of hydrogen-bond donors (Lipinski definition) is 0. The molecule has 90 valence electrons. The van der Waals surface area contributed by atoms with Gasteiger partial charge in [-0.1, -0.05) is 43.0 Å². The smallest absolute Gasteiger partial charge is 0.228 e. The topological polar surface area (TPSA) is 20.3 Å². The lowest BCUT2D eigenvalue weighted by Gasteiger charge is -2.21. The maximum atomic E-state index is 11.8. The Balaban J connectivity index is 2.42. The molecule has 0 heterocycles. The van der Waals surface area contributed by atoms with Crippen LogP contribution in [0.1, 0.15) is 12.5 Å². The summed E-state index contributed by atoms with van der Waals surface area (Å²) in [7, 11) is 0. The molecule has 0 fully saturated rings. The predicted octanol–water partition coefficient (Wildman–Crippen LogP) is 4.01. The summed E-state index contributed by atoms with van der Waals surface area (Å²) in [5, 5.41) is 0. The van der Waals surface area contributed by atoms with Gasteiger partial charge in [0.1, 0.15) is 0 Å². The van der Waals surface area contributed by atoms with Crippen molar-refractivity contribution in [2.24, 2.45) is 0 Å². The first-order valence-electron chi connectivity index (χ1n) is 5.80. The molecule has 0 unspecified atom stereocenters. The summed E-state index contributed by atoms with van der Waals surface area (Å²) in [4.78, 5) is 13.5. The molecule has 0 bridgehead atoms. The Morgan fingerprint density at radius 1 is 1.00 bits per heavy atom. The third-order valence-electron chi connectivity index (χ3n) is 2.72. The monoisotopic (exact) mass is 237 g/mol. The van der Waals surface area contributed by atoms with Crippen LogP contribution in [-0.4, -0.2) is 5.91 Å². The molecule has 1 amide bonds. The number of anilines is 2. The zero-order valence-corrected chi connectivity index (χ0v) is 10.3. The maximum absolute atomic E-state index is 11.8. The van der Waals surface area contributed by atoms with E-state index in [1.165, 1.54) is 0 Å². The molecule has 0 atom stereocenters. The van der Waals surface area contributed by atoms with Gasteiger partial charge in [-0.2, -0.15) is 0 Å². The molecule has 2 rings (SSSR count). The molecule has 0 radical (unpaired) electrons. The second-order valence-electron chi connectivity index (χ2n) is 3.99. The van der Waals surface area contributed by atoms with Crippen molar-refractivity contribution in [3.63, 3.8) is 0 Å². The molecule has 18 heavy (non-hydrogen) atoms. The predicted molar refractivity (Wildman–Crippen MR) is 75.8 cm³/mol. The lowest BCUT2D eigenvalue weighted by Crippen LogP contribution is -2.22. The quantitative estimate of drug-likeness (QED) is 0.789. The summed E-state index contributed by atoms with van der Waals surface area (Å²) in [6.07, 6.45) is 1.78. The summed E-state index contributed by atoms with van der Waals surface area (Å²) < 4.78 is 0. The summed E-state index contributed by atoms with van der Waals surface area (Å²) in [6, 6.07) is 17.3. The maximum Gasteiger partial charge on any atom is 0.228 e. The van der Waals surface area contributed by atoms with Gasteiger partial charge in [0.25, 0.3) is 0 Å². The van der Waals surface area contributed by atoms with Crippen LogP contribution in [0.3, 0.4) is 0 Å². The fourth-order valence-electron chi connectivity index (χ4n) is 1.85. The lowest BCUT2D eigenvalue weighted by molar-refractivity contribution is -0.115. The van der Waals surface area contributed by atoms with Crippen LogP contribution >= 0.6 is 0 Å². The Labute approximate surface area is 107 Å². The van der Waals surface area contributed by atoms with Gasteiger partial charge in [-0.3, -0.25) is 9.69 Å². The molecule has 0 saturated heterocycles. The zero-order chi connectivity index (χ0) is 13.0. The van der Waals surface area contributed by atoms with Crippen molar-refractivity contribution in [2.45, 2.75) is 6.92 Å². The van der Waals surface area contributed by atoms with Crippen LogP contribution in [0.5, 0.6) is 0 Å². The summed E-state index contributed by atoms with van der Waals surface area (Å²) in [5.74, 6) is -0.00690. The van der Waals surface area contributed by atoms with E-state index in [4.69, 9.17) is 0 Å². The Hall–Kier alpha value is -2.35. The second-order valence-corrected chi connectivity index (χ2v) is 3.99. The molecule has 2 aromatic carbocycles. The third-order valence-corrected chi connectivity index (χ3v) is 2.72. The van der Waals surface area contributed by atoms with Crippen molar-refractivity contribution in [3.8, 4) is 0 Å². The zero-order valence-electron chi connectivity index (χ0n) is 10.3. The van der Waals surface area contributed by atoms with Crippen LogP contribution in [0, 0.1) is 0 Å². The van der Waals surface area contributed by atoms with Gasteiger partial charge in [-0.15, -0.1) is 0 Å². The molecular formula is C16H15NO. The highest BCUT2D eigenvalue weighted by Crippen LogP contribution is 2.25. The van der Waals surface area contributed by atoms with Gasteiger partial charge < -0.3 is 0 Å². The van der Waals surface area contributed by atoms with E-state index in [2.05, 4.69) is 6.58 Å². The van der Waals surface area contributed by atoms with Crippen molar-refractivity contribution in [1.29, 1.82) is 0 Å². The molecule has 2 heteroatoms. The molecule has 0 N–H and O–H groups in total. The summed E-state index contributed by atoms with van der Waals surface area (Å²) in [5.41, 5.74) is 2.77. The normalized spacial score (nSPS) is 9.83. The Morgan fingerprint density at radius 2 is 1.56 bits per heavy atom.